The Morgan fingerprint density at radius 1 is 0.821 bits per heavy atom. The molecule has 1 fully saturated rings. The first kappa shape index (κ1) is 20.1. The molecule has 0 spiro atoms. The maximum Gasteiger partial charge on any atom is 0.229 e. The van der Waals surface area contributed by atoms with E-state index in [9.17, 15) is 30.6 Å². The second-order valence-electron chi connectivity index (χ2n) is 6.50. The van der Waals surface area contributed by atoms with Gasteiger partial charge in [0.05, 0.1) is 6.61 Å². The van der Waals surface area contributed by atoms with Crippen LogP contribution in [-0.4, -0.2) is 68.0 Å². The van der Waals surface area contributed by atoms with Gasteiger partial charge in [0.15, 0.2) is 0 Å². The van der Waals surface area contributed by atoms with Crippen LogP contribution in [0.4, 0.5) is 0 Å². The molecule has 0 radical (unpaired) electrons. The van der Waals surface area contributed by atoms with E-state index in [4.69, 9.17) is 9.47 Å². The summed E-state index contributed by atoms with van der Waals surface area (Å²) in [4.78, 5) is 0. The standard InChI is InChI=1S/C20H22O8/c21-10-16-17(24)18(25)19(26)20(28-16)27-15-8-12(7-14(23)9-15)2-1-11-3-5-13(22)6-4-11/h1-9,16-26H,10H2/b2-1+/t16-,17-,18+,19-,20+/m0/s1. The van der Waals surface area contributed by atoms with Gasteiger partial charge in [0.25, 0.3) is 0 Å². The van der Waals surface area contributed by atoms with Crippen LogP contribution in [0, 0.1) is 0 Å². The molecular formula is C20H22O8. The fourth-order valence-corrected chi connectivity index (χ4v) is 2.85. The zero-order valence-electron chi connectivity index (χ0n) is 14.8. The molecule has 8 heteroatoms. The Morgan fingerprint density at radius 3 is 2.18 bits per heavy atom. The Balaban J connectivity index is 1.76. The van der Waals surface area contributed by atoms with Gasteiger partial charge in [0, 0.05) is 6.07 Å². The number of benzene rings is 2. The van der Waals surface area contributed by atoms with Crippen LogP contribution in [-0.2, 0) is 4.74 Å². The van der Waals surface area contributed by atoms with E-state index in [0.717, 1.165) is 5.56 Å². The highest BCUT2D eigenvalue weighted by Crippen LogP contribution is 2.28. The molecule has 3 rings (SSSR count). The monoisotopic (exact) mass is 390 g/mol. The van der Waals surface area contributed by atoms with Crippen LogP contribution >= 0.6 is 0 Å². The second kappa shape index (κ2) is 8.59. The molecular weight excluding hydrogens is 368 g/mol. The maximum absolute atomic E-state index is 10.1. The van der Waals surface area contributed by atoms with Crippen LogP contribution in [0.2, 0.25) is 0 Å². The summed E-state index contributed by atoms with van der Waals surface area (Å²) in [5, 5.41) is 58.2. The lowest BCUT2D eigenvalue weighted by atomic mass is 9.99. The Kier molecular flexibility index (Phi) is 6.18. The molecule has 0 aromatic heterocycles. The second-order valence-corrected chi connectivity index (χ2v) is 6.50. The van der Waals surface area contributed by atoms with Gasteiger partial charge in [-0.15, -0.1) is 0 Å². The third-order valence-corrected chi connectivity index (χ3v) is 4.38. The molecule has 0 amide bonds. The molecule has 1 heterocycles. The maximum atomic E-state index is 10.1. The summed E-state index contributed by atoms with van der Waals surface area (Å²) in [6, 6.07) is 10.9. The van der Waals surface area contributed by atoms with Gasteiger partial charge in [-0.25, -0.2) is 0 Å². The summed E-state index contributed by atoms with van der Waals surface area (Å²) in [5.41, 5.74) is 1.42. The fourth-order valence-electron chi connectivity index (χ4n) is 2.85. The summed E-state index contributed by atoms with van der Waals surface area (Å²) < 4.78 is 10.8. The Bertz CT molecular complexity index is 817. The van der Waals surface area contributed by atoms with E-state index < -0.39 is 37.3 Å². The number of hydrogen-bond acceptors (Lipinski definition) is 8. The van der Waals surface area contributed by atoms with E-state index >= 15 is 0 Å². The minimum absolute atomic E-state index is 0.0903. The first-order chi connectivity index (χ1) is 13.4. The van der Waals surface area contributed by atoms with Crippen molar-refractivity contribution in [3.8, 4) is 17.2 Å². The van der Waals surface area contributed by atoms with Crippen LogP contribution < -0.4 is 4.74 Å². The van der Waals surface area contributed by atoms with Gasteiger partial charge in [-0.2, -0.15) is 0 Å². The van der Waals surface area contributed by atoms with Crippen LogP contribution in [0.25, 0.3) is 12.2 Å². The number of aliphatic hydroxyl groups excluding tert-OH is 4. The van der Waals surface area contributed by atoms with Gasteiger partial charge in [-0.3, -0.25) is 0 Å². The van der Waals surface area contributed by atoms with Crippen LogP contribution in [0.1, 0.15) is 11.1 Å². The fraction of sp³-hybridized carbons (Fsp3) is 0.300. The minimum Gasteiger partial charge on any atom is -0.508 e. The van der Waals surface area contributed by atoms with Gasteiger partial charge in [-0.05, 0) is 35.4 Å². The number of ether oxygens (including phenoxy) is 2. The minimum atomic E-state index is -1.55. The number of rotatable bonds is 5. The van der Waals surface area contributed by atoms with Crippen molar-refractivity contribution in [1.82, 2.24) is 0 Å². The molecule has 1 aliphatic heterocycles. The van der Waals surface area contributed by atoms with Crippen molar-refractivity contribution in [3.05, 3.63) is 53.6 Å². The Labute approximate surface area is 161 Å². The van der Waals surface area contributed by atoms with E-state index in [1.807, 2.05) is 0 Å². The van der Waals surface area contributed by atoms with E-state index in [0.29, 0.717) is 5.56 Å². The molecule has 8 nitrogen and oxygen atoms in total. The lowest BCUT2D eigenvalue weighted by molar-refractivity contribution is -0.277. The average Bonchev–Trinajstić information content (AvgIpc) is 2.67. The van der Waals surface area contributed by atoms with Crippen LogP contribution in [0.5, 0.6) is 17.2 Å². The molecule has 28 heavy (non-hydrogen) atoms. The number of aromatic hydroxyl groups is 2. The highest BCUT2D eigenvalue weighted by Gasteiger charge is 2.44. The summed E-state index contributed by atoms with van der Waals surface area (Å²) in [6.07, 6.45) is -3.52. The van der Waals surface area contributed by atoms with Gasteiger partial charge < -0.3 is 40.1 Å². The van der Waals surface area contributed by atoms with Crippen molar-refractivity contribution in [2.24, 2.45) is 0 Å². The van der Waals surface area contributed by atoms with E-state index in [-0.39, 0.29) is 17.2 Å². The smallest absolute Gasteiger partial charge is 0.229 e. The van der Waals surface area contributed by atoms with Gasteiger partial charge >= 0.3 is 0 Å². The van der Waals surface area contributed by atoms with Gasteiger partial charge in [0.2, 0.25) is 6.29 Å². The number of phenols is 2. The number of hydrogen-bond donors (Lipinski definition) is 6. The quantitative estimate of drug-likeness (QED) is 0.405. The number of aliphatic hydroxyl groups is 4. The first-order valence-corrected chi connectivity index (χ1v) is 8.65. The van der Waals surface area contributed by atoms with Gasteiger partial charge in [-0.1, -0.05) is 24.3 Å². The molecule has 5 atom stereocenters. The summed E-state index contributed by atoms with van der Waals surface area (Å²) in [7, 11) is 0. The zero-order chi connectivity index (χ0) is 20.3. The largest absolute Gasteiger partial charge is 0.508 e. The molecule has 6 N–H and O–H groups in total. The van der Waals surface area contributed by atoms with Crippen molar-refractivity contribution in [3.63, 3.8) is 0 Å². The van der Waals surface area contributed by atoms with Crippen molar-refractivity contribution < 1.29 is 40.1 Å². The van der Waals surface area contributed by atoms with Gasteiger partial charge in [0.1, 0.15) is 41.7 Å². The molecule has 1 aliphatic rings. The van der Waals surface area contributed by atoms with E-state index in [1.165, 1.54) is 12.1 Å². The highest BCUT2D eigenvalue weighted by atomic mass is 16.7. The third kappa shape index (κ3) is 4.61. The van der Waals surface area contributed by atoms with E-state index in [2.05, 4.69) is 0 Å². The Hall–Kier alpha value is -2.62. The summed E-state index contributed by atoms with van der Waals surface area (Å²) >= 11 is 0. The molecule has 150 valence electrons. The first-order valence-electron chi connectivity index (χ1n) is 8.65. The van der Waals surface area contributed by atoms with Crippen molar-refractivity contribution in [2.75, 3.05) is 6.61 Å². The predicted octanol–water partition coefficient (Wildman–Crippen LogP) is 0.447. The van der Waals surface area contributed by atoms with E-state index in [1.54, 1.807) is 42.5 Å². The number of phenolic OH excluding ortho intramolecular Hbond substituents is 2. The van der Waals surface area contributed by atoms with Crippen LogP contribution in [0.3, 0.4) is 0 Å². The average molecular weight is 390 g/mol. The topological polar surface area (TPSA) is 140 Å². The SMILES string of the molecule is OC[C@@H]1O[C@@H](Oc2cc(O)cc(/C=C/c3ccc(O)cc3)c2)[C@@H](O)[C@H](O)[C@H]1O. The molecule has 0 saturated carbocycles. The highest BCUT2D eigenvalue weighted by molar-refractivity contribution is 5.71. The molecule has 0 bridgehead atoms. The van der Waals surface area contributed by atoms with Crippen molar-refractivity contribution >= 4 is 12.2 Å². The van der Waals surface area contributed by atoms with Crippen LogP contribution in [0.15, 0.2) is 42.5 Å². The summed E-state index contributed by atoms with van der Waals surface area (Å²) in [5.74, 6) is 0.229. The lowest BCUT2D eigenvalue weighted by Crippen LogP contribution is -2.60. The molecule has 1 saturated heterocycles. The zero-order valence-corrected chi connectivity index (χ0v) is 14.8. The normalized spacial score (nSPS) is 27.8. The summed E-state index contributed by atoms with van der Waals surface area (Å²) in [6.45, 7) is -0.564. The molecule has 0 aliphatic carbocycles. The van der Waals surface area contributed by atoms with Crippen molar-refractivity contribution in [2.45, 2.75) is 30.7 Å². The Morgan fingerprint density at radius 2 is 1.50 bits per heavy atom. The molecule has 0 unspecified atom stereocenters. The lowest BCUT2D eigenvalue weighted by Gasteiger charge is -2.39. The molecule has 2 aromatic rings. The predicted molar refractivity (Wildman–Crippen MR) is 99.5 cm³/mol. The van der Waals surface area contributed by atoms with Crippen molar-refractivity contribution in [1.29, 1.82) is 0 Å². The third-order valence-electron chi connectivity index (χ3n) is 4.38. The molecule has 2 aromatic carbocycles.